The van der Waals surface area contributed by atoms with E-state index in [4.69, 9.17) is 9.47 Å². The number of benzene rings is 1. The minimum atomic E-state index is 0.508. The molecule has 0 aromatic heterocycles. The van der Waals surface area contributed by atoms with E-state index in [-0.39, 0.29) is 0 Å². The molecule has 0 aliphatic heterocycles. The van der Waals surface area contributed by atoms with Gasteiger partial charge in [-0.15, -0.1) is 0 Å². The summed E-state index contributed by atoms with van der Waals surface area (Å²) < 4.78 is 12.3. The van der Waals surface area contributed by atoms with E-state index in [1.165, 1.54) is 5.56 Å². The van der Waals surface area contributed by atoms with Crippen LogP contribution in [0.5, 0.6) is 11.5 Å². The highest BCUT2D eigenvalue weighted by Crippen LogP contribution is 2.33. The second-order valence-electron chi connectivity index (χ2n) is 4.45. The molecular formula is C15H24BrNO2. The van der Waals surface area contributed by atoms with Crippen molar-refractivity contribution in [3.8, 4) is 11.5 Å². The van der Waals surface area contributed by atoms with E-state index < -0.39 is 0 Å². The maximum Gasteiger partial charge on any atom is 0.162 e. The fourth-order valence-corrected chi connectivity index (χ4v) is 2.14. The maximum atomic E-state index is 5.64. The third-order valence-corrected chi connectivity index (χ3v) is 3.70. The zero-order valence-electron chi connectivity index (χ0n) is 12.3. The van der Waals surface area contributed by atoms with Gasteiger partial charge in [0.1, 0.15) is 0 Å². The van der Waals surface area contributed by atoms with Crippen LogP contribution in [0, 0.1) is 0 Å². The SMILES string of the molecule is CCOc1cc(Br)c(CNC(C)CC)cc1OCC. The number of nitrogens with one attached hydrogen (secondary N) is 1. The van der Waals surface area contributed by atoms with Crippen molar-refractivity contribution in [3.63, 3.8) is 0 Å². The van der Waals surface area contributed by atoms with Crippen molar-refractivity contribution in [2.24, 2.45) is 0 Å². The van der Waals surface area contributed by atoms with Gasteiger partial charge in [0.15, 0.2) is 11.5 Å². The Morgan fingerprint density at radius 3 is 2.21 bits per heavy atom. The highest BCUT2D eigenvalue weighted by molar-refractivity contribution is 9.10. The maximum absolute atomic E-state index is 5.64. The normalized spacial score (nSPS) is 12.3. The lowest BCUT2D eigenvalue weighted by atomic mass is 10.1. The van der Waals surface area contributed by atoms with Gasteiger partial charge in [-0.25, -0.2) is 0 Å². The van der Waals surface area contributed by atoms with Gasteiger partial charge in [-0.1, -0.05) is 22.9 Å². The van der Waals surface area contributed by atoms with Crippen molar-refractivity contribution >= 4 is 15.9 Å². The van der Waals surface area contributed by atoms with Gasteiger partial charge >= 0.3 is 0 Å². The minimum absolute atomic E-state index is 0.508. The molecule has 1 atom stereocenters. The summed E-state index contributed by atoms with van der Waals surface area (Å²) in [7, 11) is 0. The summed E-state index contributed by atoms with van der Waals surface area (Å²) in [5.41, 5.74) is 1.19. The molecule has 1 aromatic carbocycles. The molecule has 1 aromatic rings. The number of rotatable bonds is 8. The summed E-state index contributed by atoms with van der Waals surface area (Å²) in [6.07, 6.45) is 1.12. The Kier molecular flexibility index (Phi) is 7.24. The van der Waals surface area contributed by atoms with Crippen LogP contribution in [0.2, 0.25) is 0 Å². The Labute approximate surface area is 124 Å². The Balaban J connectivity index is 2.89. The molecule has 0 fully saturated rings. The van der Waals surface area contributed by atoms with E-state index >= 15 is 0 Å². The lowest BCUT2D eigenvalue weighted by Gasteiger charge is -2.16. The van der Waals surface area contributed by atoms with Crippen molar-refractivity contribution in [1.82, 2.24) is 5.32 Å². The van der Waals surface area contributed by atoms with E-state index in [9.17, 15) is 0 Å². The van der Waals surface area contributed by atoms with Crippen LogP contribution in [0.1, 0.15) is 39.7 Å². The van der Waals surface area contributed by atoms with Crippen molar-refractivity contribution in [2.45, 2.75) is 46.7 Å². The van der Waals surface area contributed by atoms with Crippen LogP contribution >= 0.6 is 15.9 Å². The van der Waals surface area contributed by atoms with E-state index in [1.54, 1.807) is 0 Å². The minimum Gasteiger partial charge on any atom is -0.490 e. The molecule has 1 rings (SSSR count). The molecule has 0 saturated heterocycles. The first-order valence-corrected chi connectivity index (χ1v) is 7.72. The molecule has 0 bridgehead atoms. The Morgan fingerprint density at radius 1 is 1.11 bits per heavy atom. The summed E-state index contributed by atoms with van der Waals surface area (Å²) in [4.78, 5) is 0. The van der Waals surface area contributed by atoms with Crippen molar-refractivity contribution in [1.29, 1.82) is 0 Å². The van der Waals surface area contributed by atoms with E-state index in [2.05, 4.69) is 35.1 Å². The quantitative estimate of drug-likeness (QED) is 0.777. The lowest BCUT2D eigenvalue weighted by molar-refractivity contribution is 0.287. The first kappa shape index (κ1) is 16.3. The summed E-state index contributed by atoms with van der Waals surface area (Å²) in [5, 5.41) is 3.48. The number of hydrogen-bond donors (Lipinski definition) is 1. The molecule has 108 valence electrons. The van der Waals surface area contributed by atoms with Gasteiger partial charge in [-0.3, -0.25) is 0 Å². The second-order valence-corrected chi connectivity index (χ2v) is 5.30. The average Bonchev–Trinajstić information content (AvgIpc) is 2.40. The summed E-state index contributed by atoms with van der Waals surface area (Å²) in [6, 6.07) is 4.55. The molecule has 0 aliphatic carbocycles. The molecule has 0 radical (unpaired) electrons. The third kappa shape index (κ3) is 5.03. The van der Waals surface area contributed by atoms with Gasteiger partial charge in [-0.2, -0.15) is 0 Å². The molecule has 1 unspecified atom stereocenters. The highest BCUT2D eigenvalue weighted by atomic mass is 79.9. The first-order chi connectivity index (χ1) is 9.12. The molecule has 0 amide bonds. The smallest absolute Gasteiger partial charge is 0.162 e. The third-order valence-electron chi connectivity index (χ3n) is 2.97. The van der Waals surface area contributed by atoms with Crippen LogP contribution < -0.4 is 14.8 Å². The molecule has 4 heteroatoms. The van der Waals surface area contributed by atoms with Gasteiger partial charge in [0, 0.05) is 17.1 Å². The van der Waals surface area contributed by atoms with Gasteiger partial charge < -0.3 is 14.8 Å². The summed E-state index contributed by atoms with van der Waals surface area (Å²) >= 11 is 3.60. The van der Waals surface area contributed by atoms with E-state index in [0.717, 1.165) is 28.9 Å². The molecular weight excluding hydrogens is 306 g/mol. The van der Waals surface area contributed by atoms with Crippen molar-refractivity contribution in [3.05, 3.63) is 22.2 Å². The van der Waals surface area contributed by atoms with Crippen LogP contribution in [0.4, 0.5) is 0 Å². The fourth-order valence-electron chi connectivity index (χ4n) is 1.68. The highest BCUT2D eigenvalue weighted by Gasteiger charge is 2.11. The largest absolute Gasteiger partial charge is 0.490 e. The van der Waals surface area contributed by atoms with Crippen molar-refractivity contribution < 1.29 is 9.47 Å². The van der Waals surface area contributed by atoms with Crippen LogP contribution in [-0.2, 0) is 6.54 Å². The first-order valence-electron chi connectivity index (χ1n) is 6.93. The standard InChI is InChI=1S/C15H24BrNO2/c1-5-11(4)17-10-12-8-14(18-6-2)15(19-7-3)9-13(12)16/h8-9,11,17H,5-7,10H2,1-4H3. The average molecular weight is 330 g/mol. The van der Waals surface area contributed by atoms with Gasteiger partial charge in [0.2, 0.25) is 0 Å². The lowest BCUT2D eigenvalue weighted by Crippen LogP contribution is -2.24. The Hall–Kier alpha value is -0.740. The monoisotopic (exact) mass is 329 g/mol. The van der Waals surface area contributed by atoms with Crippen molar-refractivity contribution in [2.75, 3.05) is 13.2 Å². The molecule has 0 aliphatic rings. The molecule has 0 spiro atoms. The molecule has 19 heavy (non-hydrogen) atoms. The predicted molar refractivity (Wildman–Crippen MR) is 83.1 cm³/mol. The predicted octanol–water partition coefficient (Wildman–Crippen LogP) is 4.13. The summed E-state index contributed by atoms with van der Waals surface area (Å²) in [6.45, 7) is 10.4. The second kappa shape index (κ2) is 8.43. The van der Waals surface area contributed by atoms with Gasteiger partial charge in [-0.05, 0) is 44.9 Å². The van der Waals surface area contributed by atoms with E-state index in [0.29, 0.717) is 19.3 Å². The van der Waals surface area contributed by atoms with Crippen LogP contribution in [-0.4, -0.2) is 19.3 Å². The fraction of sp³-hybridized carbons (Fsp3) is 0.600. The van der Waals surface area contributed by atoms with Crippen LogP contribution in [0.15, 0.2) is 16.6 Å². The number of hydrogen-bond acceptors (Lipinski definition) is 3. The van der Waals surface area contributed by atoms with E-state index in [1.807, 2.05) is 26.0 Å². The number of ether oxygens (including phenoxy) is 2. The van der Waals surface area contributed by atoms with Gasteiger partial charge in [0.25, 0.3) is 0 Å². The molecule has 1 N–H and O–H groups in total. The van der Waals surface area contributed by atoms with Crippen LogP contribution in [0.3, 0.4) is 0 Å². The molecule has 0 saturated carbocycles. The summed E-state index contributed by atoms with van der Waals surface area (Å²) in [5.74, 6) is 1.61. The molecule has 3 nitrogen and oxygen atoms in total. The zero-order valence-corrected chi connectivity index (χ0v) is 13.8. The topological polar surface area (TPSA) is 30.5 Å². The number of halogens is 1. The Bertz CT molecular complexity index is 396. The van der Waals surface area contributed by atoms with Gasteiger partial charge in [0.05, 0.1) is 13.2 Å². The molecule has 0 heterocycles. The Morgan fingerprint density at radius 2 is 1.68 bits per heavy atom. The zero-order chi connectivity index (χ0) is 14.3. The van der Waals surface area contributed by atoms with Crippen LogP contribution in [0.25, 0.3) is 0 Å².